The molecule has 0 bridgehead atoms. The number of nitrogens with zero attached hydrogens (tertiary/aromatic N) is 2. The molecule has 0 radical (unpaired) electrons. The van der Waals surface area contributed by atoms with Crippen LogP contribution in [0.3, 0.4) is 0 Å². The zero-order valence-electron chi connectivity index (χ0n) is 9.33. The van der Waals surface area contributed by atoms with Gasteiger partial charge in [0.25, 0.3) is 0 Å². The summed E-state index contributed by atoms with van der Waals surface area (Å²) < 4.78 is 2.21. The fourth-order valence-corrected chi connectivity index (χ4v) is 1.77. The van der Waals surface area contributed by atoms with Gasteiger partial charge in [0.15, 0.2) is 0 Å². The van der Waals surface area contributed by atoms with Crippen molar-refractivity contribution < 1.29 is 0 Å². The number of aryl methyl sites for hydroxylation is 1. The van der Waals surface area contributed by atoms with Crippen LogP contribution in [0.5, 0.6) is 0 Å². The predicted molar refractivity (Wildman–Crippen MR) is 64.2 cm³/mol. The summed E-state index contributed by atoms with van der Waals surface area (Å²) in [5.41, 5.74) is 2.27. The number of imidazole rings is 1. The van der Waals surface area contributed by atoms with E-state index < -0.39 is 0 Å². The number of rotatable bonds is 4. The average Bonchev–Trinajstić information content (AvgIpc) is 2.63. The van der Waals surface area contributed by atoms with Crippen molar-refractivity contribution in [3.05, 3.63) is 24.3 Å². The van der Waals surface area contributed by atoms with Crippen LogP contribution >= 0.6 is 0 Å². The molecule has 80 valence electrons. The summed E-state index contributed by atoms with van der Waals surface area (Å²) in [6.07, 6.45) is 1.12. The molecule has 0 aliphatic heterocycles. The number of hydrogen-bond acceptors (Lipinski definition) is 2. The van der Waals surface area contributed by atoms with Crippen LogP contribution in [-0.2, 0) is 6.54 Å². The first-order valence-corrected chi connectivity index (χ1v) is 5.56. The Morgan fingerprint density at radius 3 is 2.80 bits per heavy atom. The third-order valence-electron chi connectivity index (χ3n) is 2.50. The quantitative estimate of drug-likeness (QED) is 0.828. The summed E-state index contributed by atoms with van der Waals surface area (Å²) >= 11 is 0. The second-order valence-electron chi connectivity index (χ2n) is 3.60. The first kappa shape index (κ1) is 10.0. The van der Waals surface area contributed by atoms with Crippen molar-refractivity contribution in [3.8, 4) is 0 Å². The molecule has 0 aliphatic rings. The van der Waals surface area contributed by atoms with Crippen molar-refractivity contribution in [2.24, 2.45) is 0 Å². The molecule has 0 saturated heterocycles. The summed E-state index contributed by atoms with van der Waals surface area (Å²) in [6, 6.07) is 8.25. The van der Waals surface area contributed by atoms with Crippen LogP contribution in [0.1, 0.15) is 20.3 Å². The third-order valence-corrected chi connectivity index (χ3v) is 2.50. The highest BCUT2D eigenvalue weighted by Crippen LogP contribution is 2.18. The van der Waals surface area contributed by atoms with Crippen molar-refractivity contribution >= 4 is 17.0 Å². The summed E-state index contributed by atoms with van der Waals surface area (Å²) in [5.74, 6) is 0.987. The molecular weight excluding hydrogens is 186 g/mol. The fourth-order valence-electron chi connectivity index (χ4n) is 1.77. The molecule has 1 aromatic heterocycles. The zero-order valence-corrected chi connectivity index (χ0v) is 9.33. The Balaban J connectivity index is 2.44. The second-order valence-corrected chi connectivity index (χ2v) is 3.60. The average molecular weight is 203 g/mol. The number of fused-ring (bicyclic) bond motifs is 1. The number of aromatic nitrogens is 2. The molecule has 1 N–H and O–H groups in total. The summed E-state index contributed by atoms with van der Waals surface area (Å²) in [7, 11) is 0. The van der Waals surface area contributed by atoms with Gasteiger partial charge in [0.05, 0.1) is 11.0 Å². The normalized spacial score (nSPS) is 10.8. The Hall–Kier alpha value is -1.51. The molecule has 0 atom stereocenters. The van der Waals surface area contributed by atoms with E-state index in [0.29, 0.717) is 0 Å². The van der Waals surface area contributed by atoms with E-state index in [2.05, 4.69) is 46.9 Å². The molecule has 0 saturated carbocycles. The molecule has 0 unspecified atom stereocenters. The van der Waals surface area contributed by atoms with Crippen molar-refractivity contribution in [1.29, 1.82) is 0 Å². The monoisotopic (exact) mass is 203 g/mol. The molecule has 2 aromatic rings. The van der Waals surface area contributed by atoms with Gasteiger partial charge in [-0.3, -0.25) is 0 Å². The van der Waals surface area contributed by atoms with Crippen LogP contribution in [0.2, 0.25) is 0 Å². The van der Waals surface area contributed by atoms with Gasteiger partial charge in [-0.1, -0.05) is 19.1 Å². The first-order chi connectivity index (χ1) is 7.36. The Labute approximate surface area is 90.1 Å². The van der Waals surface area contributed by atoms with E-state index in [-0.39, 0.29) is 0 Å². The maximum atomic E-state index is 4.57. The van der Waals surface area contributed by atoms with Gasteiger partial charge in [-0.05, 0) is 25.5 Å². The highest BCUT2D eigenvalue weighted by atomic mass is 15.2. The highest BCUT2D eigenvalue weighted by molar-refractivity contribution is 5.78. The largest absolute Gasteiger partial charge is 0.356 e. The van der Waals surface area contributed by atoms with Crippen LogP contribution in [0.4, 0.5) is 5.95 Å². The Bertz CT molecular complexity index is 445. The molecule has 0 spiro atoms. The molecule has 1 aromatic carbocycles. The van der Waals surface area contributed by atoms with Crippen molar-refractivity contribution in [2.45, 2.75) is 26.8 Å². The highest BCUT2D eigenvalue weighted by Gasteiger charge is 2.07. The van der Waals surface area contributed by atoms with Gasteiger partial charge in [-0.2, -0.15) is 0 Å². The SMILES string of the molecule is CCCNc1nc2ccccc2n1CC. The van der Waals surface area contributed by atoms with E-state index in [9.17, 15) is 0 Å². The lowest BCUT2D eigenvalue weighted by Gasteiger charge is -2.06. The minimum atomic E-state index is 0.951. The van der Waals surface area contributed by atoms with Crippen LogP contribution in [-0.4, -0.2) is 16.1 Å². The minimum absolute atomic E-state index is 0.951. The summed E-state index contributed by atoms with van der Waals surface area (Å²) in [5, 5.41) is 3.36. The summed E-state index contributed by atoms with van der Waals surface area (Å²) in [6.45, 7) is 6.23. The van der Waals surface area contributed by atoms with Crippen LogP contribution in [0.15, 0.2) is 24.3 Å². The van der Waals surface area contributed by atoms with Gasteiger partial charge in [-0.15, -0.1) is 0 Å². The van der Waals surface area contributed by atoms with E-state index >= 15 is 0 Å². The van der Waals surface area contributed by atoms with Gasteiger partial charge in [-0.25, -0.2) is 4.98 Å². The van der Waals surface area contributed by atoms with E-state index in [1.807, 2.05) is 6.07 Å². The second kappa shape index (κ2) is 4.34. The topological polar surface area (TPSA) is 29.9 Å². The maximum absolute atomic E-state index is 4.57. The Morgan fingerprint density at radius 1 is 1.27 bits per heavy atom. The Morgan fingerprint density at radius 2 is 2.07 bits per heavy atom. The van der Waals surface area contributed by atoms with E-state index in [1.165, 1.54) is 5.52 Å². The third kappa shape index (κ3) is 1.82. The predicted octanol–water partition coefficient (Wildman–Crippen LogP) is 2.88. The molecule has 3 heteroatoms. The van der Waals surface area contributed by atoms with Crippen LogP contribution < -0.4 is 5.32 Å². The number of benzene rings is 1. The van der Waals surface area contributed by atoms with Gasteiger partial charge >= 0.3 is 0 Å². The van der Waals surface area contributed by atoms with Gasteiger partial charge in [0.1, 0.15) is 0 Å². The standard InChI is InChI=1S/C12H17N3/c1-3-9-13-12-14-10-7-5-6-8-11(10)15(12)4-2/h5-8H,3-4,9H2,1-2H3,(H,13,14). The lowest BCUT2D eigenvalue weighted by molar-refractivity contribution is 0.784. The zero-order chi connectivity index (χ0) is 10.7. The Kier molecular flexibility index (Phi) is 2.90. The number of hydrogen-bond donors (Lipinski definition) is 1. The molecule has 0 amide bonds. The smallest absolute Gasteiger partial charge is 0.203 e. The lowest BCUT2D eigenvalue weighted by Crippen LogP contribution is -2.07. The fraction of sp³-hybridized carbons (Fsp3) is 0.417. The van der Waals surface area contributed by atoms with E-state index in [1.54, 1.807) is 0 Å². The molecular formula is C12H17N3. The number of nitrogens with one attached hydrogen (secondary N) is 1. The molecule has 2 rings (SSSR count). The van der Waals surface area contributed by atoms with Gasteiger partial charge < -0.3 is 9.88 Å². The molecule has 1 heterocycles. The van der Waals surface area contributed by atoms with Crippen molar-refractivity contribution in [2.75, 3.05) is 11.9 Å². The van der Waals surface area contributed by atoms with Crippen LogP contribution in [0.25, 0.3) is 11.0 Å². The van der Waals surface area contributed by atoms with Crippen LogP contribution in [0, 0.1) is 0 Å². The first-order valence-electron chi connectivity index (χ1n) is 5.56. The lowest BCUT2D eigenvalue weighted by atomic mass is 10.3. The molecule has 15 heavy (non-hydrogen) atoms. The minimum Gasteiger partial charge on any atom is -0.356 e. The molecule has 0 aliphatic carbocycles. The number of anilines is 1. The van der Waals surface area contributed by atoms with Crippen molar-refractivity contribution in [1.82, 2.24) is 9.55 Å². The molecule has 3 nitrogen and oxygen atoms in total. The van der Waals surface area contributed by atoms with E-state index in [0.717, 1.165) is 31.0 Å². The van der Waals surface area contributed by atoms with Gasteiger partial charge in [0, 0.05) is 13.1 Å². The molecule has 0 fully saturated rings. The number of para-hydroxylation sites is 2. The maximum Gasteiger partial charge on any atom is 0.203 e. The van der Waals surface area contributed by atoms with E-state index in [4.69, 9.17) is 0 Å². The van der Waals surface area contributed by atoms with Gasteiger partial charge in [0.2, 0.25) is 5.95 Å². The van der Waals surface area contributed by atoms with Crippen molar-refractivity contribution in [3.63, 3.8) is 0 Å². The summed E-state index contributed by atoms with van der Waals surface area (Å²) in [4.78, 5) is 4.57.